The van der Waals surface area contributed by atoms with Crippen LogP contribution in [0.1, 0.15) is 26.7 Å². The molecular weight excluding hydrogens is 336 g/mol. The Labute approximate surface area is 161 Å². The Bertz CT molecular complexity index is 832. The van der Waals surface area contributed by atoms with E-state index in [2.05, 4.69) is 29.0 Å². The molecule has 5 heteroatoms. The van der Waals surface area contributed by atoms with Crippen LogP contribution in [0.3, 0.4) is 0 Å². The smallest absolute Gasteiger partial charge is 0.229 e. The van der Waals surface area contributed by atoms with Crippen molar-refractivity contribution in [1.29, 1.82) is 0 Å². The van der Waals surface area contributed by atoms with Gasteiger partial charge in [0, 0.05) is 19.3 Å². The molecule has 0 amide bonds. The second-order valence-corrected chi connectivity index (χ2v) is 6.26. The maximum atomic E-state index is 6.01. The minimum absolute atomic E-state index is 0.564. The van der Waals surface area contributed by atoms with E-state index >= 15 is 0 Å². The van der Waals surface area contributed by atoms with Gasteiger partial charge < -0.3 is 15.0 Å². The summed E-state index contributed by atoms with van der Waals surface area (Å²) in [6.45, 7) is 6.33. The van der Waals surface area contributed by atoms with Gasteiger partial charge in [0.15, 0.2) is 5.75 Å². The number of nitrogens with zero attached hydrogens (tertiary/aromatic N) is 3. The average molecular weight is 362 g/mol. The molecule has 2 aromatic carbocycles. The fraction of sp³-hybridized carbons (Fsp3) is 0.273. The van der Waals surface area contributed by atoms with E-state index < -0.39 is 0 Å². The van der Waals surface area contributed by atoms with Gasteiger partial charge in [-0.05, 0) is 43.2 Å². The first kappa shape index (κ1) is 18.7. The van der Waals surface area contributed by atoms with Crippen LogP contribution >= 0.6 is 0 Å². The summed E-state index contributed by atoms with van der Waals surface area (Å²) in [6, 6.07) is 19.5. The van der Waals surface area contributed by atoms with Gasteiger partial charge in [-0.25, -0.2) is 4.98 Å². The van der Waals surface area contributed by atoms with Crippen molar-refractivity contribution in [3.63, 3.8) is 0 Å². The SMILES string of the molecule is CCCN(CCC)c1ccnc(Nc2ccccc2Oc2ccccc2)n1. The Morgan fingerprint density at radius 2 is 1.59 bits per heavy atom. The molecular formula is C22H26N4O. The van der Waals surface area contributed by atoms with Crippen LogP contribution in [0.25, 0.3) is 0 Å². The summed E-state index contributed by atoms with van der Waals surface area (Å²) in [6.07, 6.45) is 3.96. The summed E-state index contributed by atoms with van der Waals surface area (Å²) in [4.78, 5) is 11.4. The van der Waals surface area contributed by atoms with E-state index in [1.165, 1.54) is 0 Å². The predicted molar refractivity (Wildman–Crippen MR) is 111 cm³/mol. The van der Waals surface area contributed by atoms with Crippen LogP contribution in [0.5, 0.6) is 11.5 Å². The first-order valence-electron chi connectivity index (χ1n) is 9.47. The van der Waals surface area contributed by atoms with Crippen LogP contribution in [0, 0.1) is 0 Å². The highest BCUT2D eigenvalue weighted by Crippen LogP contribution is 2.30. The van der Waals surface area contributed by atoms with Crippen molar-refractivity contribution in [2.45, 2.75) is 26.7 Å². The lowest BCUT2D eigenvalue weighted by molar-refractivity contribution is 0.485. The molecule has 0 saturated carbocycles. The lowest BCUT2D eigenvalue weighted by Gasteiger charge is -2.22. The molecule has 0 aliphatic heterocycles. The molecule has 0 spiro atoms. The zero-order chi connectivity index (χ0) is 18.9. The van der Waals surface area contributed by atoms with Crippen molar-refractivity contribution in [3.05, 3.63) is 66.9 Å². The number of anilines is 3. The van der Waals surface area contributed by atoms with E-state index in [1.54, 1.807) is 6.20 Å². The highest BCUT2D eigenvalue weighted by Gasteiger charge is 2.10. The molecule has 0 fully saturated rings. The van der Waals surface area contributed by atoms with Gasteiger partial charge in [-0.1, -0.05) is 44.2 Å². The lowest BCUT2D eigenvalue weighted by Crippen LogP contribution is -2.26. The molecule has 3 aromatic rings. The number of benzene rings is 2. The van der Waals surface area contributed by atoms with Gasteiger partial charge >= 0.3 is 0 Å². The van der Waals surface area contributed by atoms with Crippen molar-refractivity contribution in [2.75, 3.05) is 23.3 Å². The molecule has 0 aliphatic carbocycles. The second-order valence-electron chi connectivity index (χ2n) is 6.26. The second kappa shape index (κ2) is 9.57. The zero-order valence-corrected chi connectivity index (χ0v) is 15.9. The molecule has 1 aromatic heterocycles. The zero-order valence-electron chi connectivity index (χ0n) is 15.9. The van der Waals surface area contributed by atoms with Gasteiger partial charge in [0.25, 0.3) is 0 Å². The van der Waals surface area contributed by atoms with Gasteiger partial charge in [-0.3, -0.25) is 0 Å². The highest BCUT2D eigenvalue weighted by atomic mass is 16.5. The maximum absolute atomic E-state index is 6.01. The van der Waals surface area contributed by atoms with Gasteiger partial charge in [0.05, 0.1) is 5.69 Å². The van der Waals surface area contributed by atoms with Crippen LogP contribution < -0.4 is 15.0 Å². The van der Waals surface area contributed by atoms with E-state index in [0.717, 1.165) is 48.9 Å². The Morgan fingerprint density at radius 3 is 2.33 bits per heavy atom. The van der Waals surface area contributed by atoms with Gasteiger partial charge in [0.1, 0.15) is 11.6 Å². The third-order valence-corrected chi connectivity index (χ3v) is 4.06. The van der Waals surface area contributed by atoms with Crippen LogP contribution in [0.15, 0.2) is 66.9 Å². The first-order chi connectivity index (χ1) is 13.3. The molecule has 0 unspecified atom stereocenters. The van der Waals surface area contributed by atoms with E-state index in [4.69, 9.17) is 9.72 Å². The van der Waals surface area contributed by atoms with E-state index in [1.807, 2.05) is 60.7 Å². The monoisotopic (exact) mass is 362 g/mol. The molecule has 3 rings (SSSR count). The number of ether oxygens (including phenoxy) is 1. The minimum atomic E-state index is 0.564. The lowest BCUT2D eigenvalue weighted by atomic mass is 10.3. The minimum Gasteiger partial charge on any atom is -0.455 e. The summed E-state index contributed by atoms with van der Waals surface area (Å²) >= 11 is 0. The Balaban J connectivity index is 1.80. The Morgan fingerprint density at radius 1 is 0.889 bits per heavy atom. The van der Waals surface area contributed by atoms with Gasteiger partial charge in [-0.15, -0.1) is 0 Å². The Kier molecular flexibility index (Phi) is 6.63. The third kappa shape index (κ3) is 5.20. The Hall–Kier alpha value is -3.08. The summed E-state index contributed by atoms with van der Waals surface area (Å²) in [5, 5.41) is 3.30. The van der Waals surface area contributed by atoms with Crippen molar-refractivity contribution in [1.82, 2.24) is 9.97 Å². The largest absolute Gasteiger partial charge is 0.455 e. The van der Waals surface area contributed by atoms with Crippen molar-refractivity contribution in [3.8, 4) is 11.5 Å². The summed E-state index contributed by atoms with van der Waals surface area (Å²) in [5.41, 5.74) is 0.830. The number of aromatic nitrogens is 2. The molecule has 0 atom stereocenters. The highest BCUT2D eigenvalue weighted by molar-refractivity contribution is 5.63. The number of hydrogen-bond acceptors (Lipinski definition) is 5. The summed E-state index contributed by atoms with van der Waals surface area (Å²) < 4.78 is 6.01. The summed E-state index contributed by atoms with van der Waals surface area (Å²) in [7, 11) is 0. The van der Waals surface area contributed by atoms with Gasteiger partial charge in [0.2, 0.25) is 5.95 Å². The van der Waals surface area contributed by atoms with Crippen LogP contribution in [-0.4, -0.2) is 23.1 Å². The van der Waals surface area contributed by atoms with E-state index in [9.17, 15) is 0 Å². The van der Waals surface area contributed by atoms with Crippen molar-refractivity contribution < 1.29 is 4.74 Å². The molecule has 140 valence electrons. The molecule has 0 saturated heterocycles. The number of para-hydroxylation sites is 3. The fourth-order valence-electron chi connectivity index (χ4n) is 2.86. The van der Waals surface area contributed by atoms with E-state index in [0.29, 0.717) is 5.95 Å². The quantitative estimate of drug-likeness (QED) is 0.534. The standard InChI is InChI=1S/C22H26N4O/c1-3-16-26(17-4-2)21-14-15-23-22(25-21)24-19-12-8-9-13-20(19)27-18-10-6-5-7-11-18/h5-15H,3-4,16-17H2,1-2H3,(H,23,24,25). The fourth-order valence-corrected chi connectivity index (χ4v) is 2.86. The molecule has 1 N–H and O–H groups in total. The molecule has 0 bridgehead atoms. The van der Waals surface area contributed by atoms with Gasteiger partial charge in [-0.2, -0.15) is 4.98 Å². The van der Waals surface area contributed by atoms with Crippen LogP contribution in [-0.2, 0) is 0 Å². The van der Waals surface area contributed by atoms with Crippen LogP contribution in [0.4, 0.5) is 17.5 Å². The summed E-state index contributed by atoms with van der Waals surface area (Å²) in [5.74, 6) is 3.03. The molecule has 0 aliphatic rings. The van der Waals surface area contributed by atoms with Crippen LogP contribution in [0.2, 0.25) is 0 Å². The number of hydrogen-bond donors (Lipinski definition) is 1. The maximum Gasteiger partial charge on any atom is 0.229 e. The topological polar surface area (TPSA) is 50.3 Å². The average Bonchev–Trinajstić information content (AvgIpc) is 2.70. The van der Waals surface area contributed by atoms with Crippen molar-refractivity contribution >= 4 is 17.5 Å². The molecule has 1 heterocycles. The normalized spacial score (nSPS) is 10.4. The predicted octanol–water partition coefficient (Wildman–Crippen LogP) is 5.64. The number of rotatable bonds is 9. The molecule has 27 heavy (non-hydrogen) atoms. The first-order valence-corrected chi connectivity index (χ1v) is 9.47. The third-order valence-electron chi connectivity index (χ3n) is 4.06. The number of nitrogens with one attached hydrogen (secondary N) is 1. The van der Waals surface area contributed by atoms with E-state index in [-0.39, 0.29) is 0 Å². The molecule has 0 radical (unpaired) electrons. The molecule has 5 nitrogen and oxygen atoms in total. The van der Waals surface area contributed by atoms with Crippen molar-refractivity contribution in [2.24, 2.45) is 0 Å².